The molecule has 0 amide bonds. The summed E-state index contributed by atoms with van der Waals surface area (Å²) in [5.41, 5.74) is 5.76. The van der Waals surface area contributed by atoms with Gasteiger partial charge in [-0.3, -0.25) is 0 Å². The lowest BCUT2D eigenvalue weighted by Crippen LogP contribution is -2.18. The predicted molar refractivity (Wildman–Crippen MR) is 63.8 cm³/mol. The first kappa shape index (κ1) is 12.5. The van der Waals surface area contributed by atoms with Gasteiger partial charge in [0.25, 0.3) is 0 Å². The van der Waals surface area contributed by atoms with E-state index in [1.54, 1.807) is 0 Å². The zero-order valence-electron chi connectivity index (χ0n) is 9.47. The van der Waals surface area contributed by atoms with Gasteiger partial charge < -0.3 is 5.73 Å². The van der Waals surface area contributed by atoms with Crippen LogP contribution in [0.4, 0.5) is 4.39 Å². The minimum Gasteiger partial charge on any atom is -0.328 e. The third-order valence-electron chi connectivity index (χ3n) is 3.21. The van der Waals surface area contributed by atoms with Crippen LogP contribution >= 0.6 is 0 Å². The van der Waals surface area contributed by atoms with Gasteiger partial charge in [-0.1, -0.05) is 0 Å². The fourth-order valence-corrected chi connectivity index (χ4v) is 3.98. The molecule has 2 atom stereocenters. The van der Waals surface area contributed by atoms with E-state index in [1.165, 1.54) is 24.3 Å². The predicted octanol–water partition coefficient (Wildman–Crippen LogP) is 1.73. The number of hydrogen-bond donors (Lipinski definition) is 1. The van der Waals surface area contributed by atoms with E-state index in [4.69, 9.17) is 5.73 Å². The van der Waals surface area contributed by atoms with Crippen molar-refractivity contribution in [2.75, 3.05) is 5.75 Å². The van der Waals surface area contributed by atoms with E-state index >= 15 is 0 Å². The van der Waals surface area contributed by atoms with Crippen LogP contribution in [0.1, 0.15) is 19.3 Å². The van der Waals surface area contributed by atoms with Crippen LogP contribution in [-0.4, -0.2) is 20.2 Å². The monoisotopic (exact) mass is 257 g/mol. The molecule has 1 aliphatic rings. The maximum absolute atomic E-state index is 12.7. The van der Waals surface area contributed by atoms with Crippen molar-refractivity contribution in [3.05, 3.63) is 30.1 Å². The van der Waals surface area contributed by atoms with Crippen LogP contribution in [0.15, 0.2) is 29.2 Å². The zero-order chi connectivity index (χ0) is 12.5. The van der Waals surface area contributed by atoms with Gasteiger partial charge in [0, 0.05) is 6.04 Å². The number of benzene rings is 1. The lowest BCUT2D eigenvalue weighted by atomic mass is 10.1. The summed E-state index contributed by atoms with van der Waals surface area (Å²) in [4.78, 5) is 0.194. The molecule has 0 unspecified atom stereocenters. The quantitative estimate of drug-likeness (QED) is 0.839. The van der Waals surface area contributed by atoms with Crippen molar-refractivity contribution in [2.24, 2.45) is 11.7 Å². The first-order valence-corrected chi connectivity index (χ1v) is 7.36. The van der Waals surface area contributed by atoms with Gasteiger partial charge in [0.05, 0.1) is 10.6 Å². The highest BCUT2D eigenvalue weighted by atomic mass is 32.2. The van der Waals surface area contributed by atoms with Crippen molar-refractivity contribution in [1.82, 2.24) is 0 Å². The van der Waals surface area contributed by atoms with Gasteiger partial charge in [-0.2, -0.15) is 0 Å². The molecule has 1 aromatic rings. The zero-order valence-corrected chi connectivity index (χ0v) is 10.3. The van der Waals surface area contributed by atoms with Crippen LogP contribution < -0.4 is 5.73 Å². The molecule has 0 heterocycles. The van der Waals surface area contributed by atoms with Gasteiger partial charge in [-0.25, -0.2) is 12.8 Å². The van der Waals surface area contributed by atoms with Gasteiger partial charge in [0.15, 0.2) is 9.84 Å². The molecule has 1 aliphatic carbocycles. The van der Waals surface area contributed by atoms with Crippen LogP contribution in [0.2, 0.25) is 0 Å². The summed E-state index contributed by atoms with van der Waals surface area (Å²) in [6, 6.07) is 5.11. The molecule has 0 radical (unpaired) electrons. The second-order valence-electron chi connectivity index (χ2n) is 4.67. The molecule has 0 aliphatic heterocycles. The summed E-state index contributed by atoms with van der Waals surface area (Å²) in [5, 5.41) is 0. The molecule has 5 heteroatoms. The number of rotatable bonds is 3. The minimum absolute atomic E-state index is 0.117. The molecular weight excluding hydrogens is 241 g/mol. The molecule has 94 valence electrons. The molecule has 1 aromatic carbocycles. The Morgan fingerprint density at radius 1 is 1.24 bits per heavy atom. The van der Waals surface area contributed by atoms with Gasteiger partial charge >= 0.3 is 0 Å². The molecule has 2 N–H and O–H groups in total. The van der Waals surface area contributed by atoms with Gasteiger partial charge in [-0.15, -0.1) is 0 Å². The third kappa shape index (κ3) is 3.04. The minimum atomic E-state index is -3.31. The highest BCUT2D eigenvalue weighted by Gasteiger charge is 2.27. The molecule has 0 bridgehead atoms. The summed E-state index contributed by atoms with van der Waals surface area (Å²) in [6.07, 6.45) is 2.52. The van der Waals surface area contributed by atoms with Gasteiger partial charge in [0.1, 0.15) is 5.82 Å². The third-order valence-corrected chi connectivity index (χ3v) is 5.11. The topological polar surface area (TPSA) is 60.2 Å². The summed E-state index contributed by atoms with van der Waals surface area (Å²) >= 11 is 0. The Balaban J connectivity index is 2.11. The van der Waals surface area contributed by atoms with Crippen molar-refractivity contribution in [3.63, 3.8) is 0 Å². The van der Waals surface area contributed by atoms with E-state index in [-0.39, 0.29) is 22.6 Å². The highest BCUT2D eigenvalue weighted by Crippen LogP contribution is 2.27. The lowest BCUT2D eigenvalue weighted by Gasteiger charge is -2.10. The molecule has 1 fully saturated rings. The Bertz CT molecular complexity index is 484. The van der Waals surface area contributed by atoms with Crippen LogP contribution in [0.5, 0.6) is 0 Å². The van der Waals surface area contributed by atoms with Crippen molar-refractivity contribution in [2.45, 2.75) is 30.2 Å². The molecule has 2 rings (SSSR count). The summed E-state index contributed by atoms with van der Waals surface area (Å²) in [5.74, 6) is -0.168. The van der Waals surface area contributed by atoms with E-state index in [0.29, 0.717) is 0 Å². The second-order valence-corrected chi connectivity index (χ2v) is 6.71. The van der Waals surface area contributed by atoms with Crippen LogP contribution in [-0.2, 0) is 9.84 Å². The molecule has 0 spiro atoms. The largest absolute Gasteiger partial charge is 0.328 e. The lowest BCUT2D eigenvalue weighted by molar-refractivity contribution is 0.553. The van der Waals surface area contributed by atoms with E-state index < -0.39 is 15.7 Å². The smallest absolute Gasteiger partial charge is 0.178 e. The van der Waals surface area contributed by atoms with Crippen molar-refractivity contribution < 1.29 is 12.8 Å². The number of sulfone groups is 1. The summed E-state index contributed by atoms with van der Waals surface area (Å²) in [7, 11) is -3.31. The van der Waals surface area contributed by atoms with E-state index in [2.05, 4.69) is 0 Å². The Morgan fingerprint density at radius 3 is 2.41 bits per heavy atom. The average Bonchev–Trinajstić information content (AvgIpc) is 2.63. The maximum Gasteiger partial charge on any atom is 0.178 e. The molecule has 17 heavy (non-hydrogen) atoms. The Morgan fingerprint density at radius 2 is 1.88 bits per heavy atom. The molecule has 1 saturated carbocycles. The molecule has 3 nitrogen and oxygen atoms in total. The van der Waals surface area contributed by atoms with E-state index in [0.717, 1.165) is 19.3 Å². The van der Waals surface area contributed by atoms with Crippen molar-refractivity contribution in [3.8, 4) is 0 Å². The summed E-state index contributed by atoms with van der Waals surface area (Å²) in [6.45, 7) is 0. The molecule has 0 saturated heterocycles. The first-order chi connectivity index (χ1) is 7.97. The molecular formula is C12H16FNO2S. The Kier molecular flexibility index (Phi) is 3.49. The van der Waals surface area contributed by atoms with Crippen LogP contribution in [0.3, 0.4) is 0 Å². The fourth-order valence-electron chi connectivity index (χ4n) is 2.31. The standard InChI is InChI=1S/C12H16FNO2S/c13-10-2-5-12(6-3-10)17(15,16)8-9-1-4-11(14)7-9/h2-3,5-6,9,11H,1,4,7-8,14H2/t9-,11+/m0/s1. The van der Waals surface area contributed by atoms with Crippen LogP contribution in [0, 0.1) is 11.7 Å². The molecule has 0 aromatic heterocycles. The van der Waals surface area contributed by atoms with Crippen molar-refractivity contribution in [1.29, 1.82) is 0 Å². The number of halogens is 1. The van der Waals surface area contributed by atoms with Crippen molar-refractivity contribution >= 4 is 9.84 Å². The Hall–Kier alpha value is -0.940. The van der Waals surface area contributed by atoms with E-state index in [9.17, 15) is 12.8 Å². The SMILES string of the molecule is N[C@@H]1CC[C@H](CS(=O)(=O)c2ccc(F)cc2)C1. The fraction of sp³-hybridized carbons (Fsp3) is 0.500. The second kappa shape index (κ2) is 4.74. The van der Waals surface area contributed by atoms with Crippen LogP contribution in [0.25, 0.3) is 0 Å². The number of nitrogens with two attached hydrogens (primary N) is 1. The first-order valence-electron chi connectivity index (χ1n) is 5.71. The summed E-state index contributed by atoms with van der Waals surface area (Å²) < 4.78 is 36.8. The maximum atomic E-state index is 12.7. The highest BCUT2D eigenvalue weighted by molar-refractivity contribution is 7.91. The normalized spacial score (nSPS) is 25.1. The van der Waals surface area contributed by atoms with Gasteiger partial charge in [-0.05, 0) is 49.4 Å². The number of hydrogen-bond acceptors (Lipinski definition) is 3. The van der Waals surface area contributed by atoms with E-state index in [1.807, 2.05) is 0 Å². The van der Waals surface area contributed by atoms with Gasteiger partial charge in [0.2, 0.25) is 0 Å². The Labute approximate surface area is 101 Å². The average molecular weight is 257 g/mol.